The van der Waals surface area contributed by atoms with Gasteiger partial charge in [0.15, 0.2) is 0 Å². The van der Waals surface area contributed by atoms with Crippen LogP contribution in [-0.2, 0) is 20.4 Å². The maximum absolute atomic E-state index is 11.9. The third kappa shape index (κ3) is 2.78. The van der Waals surface area contributed by atoms with Crippen molar-refractivity contribution in [2.75, 3.05) is 4.90 Å². The Bertz CT molecular complexity index is 620. The molecule has 0 radical (unpaired) electrons. The highest BCUT2D eigenvalue weighted by Crippen LogP contribution is 2.42. The van der Waals surface area contributed by atoms with Crippen LogP contribution in [0, 0.1) is 0 Å². The molecule has 1 heterocycles. The second kappa shape index (κ2) is 4.97. The lowest BCUT2D eigenvalue weighted by atomic mass is 9.79. The number of phenolic OH excluding ortho intramolecular Hbond substituents is 1. The van der Waals surface area contributed by atoms with E-state index >= 15 is 0 Å². The number of hydrogen-bond donors (Lipinski definition) is 1. The van der Waals surface area contributed by atoms with E-state index in [0.717, 1.165) is 16.0 Å². The molecular formula is C18H23NO3. The average molecular weight is 301 g/mol. The number of carbonyl (C=O) groups is 2. The van der Waals surface area contributed by atoms with E-state index in [1.54, 1.807) is 12.1 Å². The normalized spacial score (nSPS) is 15.8. The Hall–Kier alpha value is -2.10. The standard InChI is InChI=1S/C18H23NO3/c1-17(2,3)12-9-11(19-14(20)7-8-15(19)21)10-13(16(12)22)18(4,5)6/h7-10,22H,1-6H3. The van der Waals surface area contributed by atoms with E-state index in [1.165, 1.54) is 12.2 Å². The molecule has 4 nitrogen and oxygen atoms in total. The Labute approximate surface area is 131 Å². The number of benzene rings is 1. The van der Waals surface area contributed by atoms with Crippen LogP contribution in [0.1, 0.15) is 52.7 Å². The molecule has 0 aliphatic carbocycles. The molecular weight excluding hydrogens is 278 g/mol. The van der Waals surface area contributed by atoms with E-state index in [2.05, 4.69) is 0 Å². The van der Waals surface area contributed by atoms with E-state index in [1.807, 2.05) is 41.5 Å². The summed E-state index contributed by atoms with van der Waals surface area (Å²) in [5.41, 5.74) is 1.34. The second-order valence-corrected chi connectivity index (χ2v) is 7.73. The summed E-state index contributed by atoms with van der Waals surface area (Å²) in [4.78, 5) is 25.0. The average Bonchev–Trinajstić information content (AvgIpc) is 2.67. The van der Waals surface area contributed by atoms with Crippen molar-refractivity contribution in [1.82, 2.24) is 0 Å². The Morgan fingerprint density at radius 1 is 0.818 bits per heavy atom. The molecule has 0 saturated heterocycles. The fourth-order valence-corrected chi connectivity index (χ4v) is 2.55. The number of anilines is 1. The minimum absolute atomic E-state index is 0.232. The molecule has 4 heteroatoms. The number of rotatable bonds is 1. The minimum Gasteiger partial charge on any atom is -0.507 e. The van der Waals surface area contributed by atoms with Crippen molar-refractivity contribution in [2.45, 2.75) is 52.4 Å². The van der Waals surface area contributed by atoms with Crippen LogP contribution in [0.4, 0.5) is 5.69 Å². The molecule has 22 heavy (non-hydrogen) atoms. The monoisotopic (exact) mass is 301 g/mol. The summed E-state index contributed by atoms with van der Waals surface area (Å²) in [6.07, 6.45) is 2.53. The van der Waals surface area contributed by atoms with Gasteiger partial charge in [0.25, 0.3) is 11.8 Å². The van der Waals surface area contributed by atoms with Gasteiger partial charge in [-0.1, -0.05) is 41.5 Å². The van der Waals surface area contributed by atoms with Crippen LogP contribution in [0.25, 0.3) is 0 Å². The first-order valence-corrected chi connectivity index (χ1v) is 7.37. The predicted molar refractivity (Wildman–Crippen MR) is 87.1 cm³/mol. The number of carbonyl (C=O) groups excluding carboxylic acids is 2. The highest BCUT2D eigenvalue weighted by atomic mass is 16.3. The molecule has 118 valence electrons. The first kappa shape index (κ1) is 16.3. The zero-order valence-electron chi connectivity index (χ0n) is 14.0. The number of aromatic hydroxyl groups is 1. The summed E-state index contributed by atoms with van der Waals surface area (Å²) >= 11 is 0. The fourth-order valence-electron chi connectivity index (χ4n) is 2.55. The number of nitrogens with zero attached hydrogens (tertiary/aromatic N) is 1. The van der Waals surface area contributed by atoms with Crippen LogP contribution in [0.2, 0.25) is 0 Å². The van der Waals surface area contributed by atoms with Crippen molar-refractivity contribution in [2.24, 2.45) is 0 Å². The summed E-state index contributed by atoms with van der Waals surface area (Å²) < 4.78 is 0. The topological polar surface area (TPSA) is 57.6 Å². The lowest BCUT2D eigenvalue weighted by molar-refractivity contribution is -0.119. The van der Waals surface area contributed by atoms with Crippen LogP contribution < -0.4 is 4.90 Å². The largest absolute Gasteiger partial charge is 0.507 e. The van der Waals surface area contributed by atoms with Crippen LogP contribution in [0.15, 0.2) is 24.3 Å². The lowest BCUT2D eigenvalue weighted by Crippen LogP contribution is -2.30. The van der Waals surface area contributed by atoms with Gasteiger partial charge in [0, 0.05) is 23.3 Å². The van der Waals surface area contributed by atoms with Gasteiger partial charge in [-0.25, -0.2) is 4.90 Å². The van der Waals surface area contributed by atoms with E-state index in [9.17, 15) is 14.7 Å². The van der Waals surface area contributed by atoms with Crippen LogP contribution in [0.3, 0.4) is 0 Å². The zero-order chi connectivity index (χ0) is 16.9. The van der Waals surface area contributed by atoms with Gasteiger partial charge in [0.2, 0.25) is 0 Å². The summed E-state index contributed by atoms with van der Waals surface area (Å²) in [6, 6.07) is 3.46. The minimum atomic E-state index is -0.351. The highest BCUT2D eigenvalue weighted by Gasteiger charge is 2.31. The maximum Gasteiger partial charge on any atom is 0.258 e. The Kier molecular flexibility index (Phi) is 3.68. The maximum atomic E-state index is 11.9. The van der Waals surface area contributed by atoms with Crippen LogP contribution in [0.5, 0.6) is 5.75 Å². The molecule has 2 rings (SSSR count). The number of amides is 2. The smallest absolute Gasteiger partial charge is 0.258 e. The summed E-state index contributed by atoms with van der Waals surface area (Å²) in [5.74, 6) is -0.471. The highest BCUT2D eigenvalue weighted by molar-refractivity contribution is 6.28. The van der Waals surface area contributed by atoms with Crippen LogP contribution in [-0.4, -0.2) is 16.9 Å². The molecule has 0 unspecified atom stereocenters. The molecule has 2 amide bonds. The van der Waals surface area contributed by atoms with Crippen molar-refractivity contribution >= 4 is 17.5 Å². The van der Waals surface area contributed by atoms with E-state index < -0.39 is 0 Å². The van der Waals surface area contributed by atoms with E-state index in [-0.39, 0.29) is 28.4 Å². The Morgan fingerprint density at radius 2 is 1.18 bits per heavy atom. The number of imide groups is 1. The third-order valence-corrected chi connectivity index (χ3v) is 3.78. The van der Waals surface area contributed by atoms with Crippen molar-refractivity contribution in [3.05, 3.63) is 35.4 Å². The van der Waals surface area contributed by atoms with E-state index in [4.69, 9.17) is 0 Å². The van der Waals surface area contributed by atoms with Crippen molar-refractivity contribution in [3.8, 4) is 5.75 Å². The molecule has 0 bridgehead atoms. The summed E-state index contributed by atoms with van der Waals surface area (Å²) in [7, 11) is 0. The van der Waals surface area contributed by atoms with Crippen molar-refractivity contribution in [3.63, 3.8) is 0 Å². The third-order valence-electron chi connectivity index (χ3n) is 3.78. The molecule has 0 fully saturated rings. The fraction of sp³-hybridized carbons (Fsp3) is 0.444. The molecule has 0 atom stereocenters. The van der Waals surface area contributed by atoms with Gasteiger partial charge < -0.3 is 5.11 Å². The molecule has 0 aromatic heterocycles. The van der Waals surface area contributed by atoms with E-state index in [0.29, 0.717) is 5.69 Å². The van der Waals surface area contributed by atoms with Gasteiger partial charge in [-0.05, 0) is 23.0 Å². The Morgan fingerprint density at radius 3 is 1.50 bits per heavy atom. The Balaban J connectivity index is 2.72. The molecule has 1 aromatic rings. The van der Waals surface area contributed by atoms with Crippen molar-refractivity contribution in [1.29, 1.82) is 0 Å². The SMILES string of the molecule is CC(C)(C)c1cc(N2C(=O)C=CC2=O)cc(C(C)(C)C)c1O. The first-order chi connectivity index (χ1) is 9.93. The molecule has 1 N–H and O–H groups in total. The first-order valence-electron chi connectivity index (χ1n) is 7.37. The number of phenols is 1. The molecule has 1 aliphatic heterocycles. The van der Waals surface area contributed by atoms with Gasteiger partial charge in [0.05, 0.1) is 5.69 Å². The lowest BCUT2D eigenvalue weighted by Gasteiger charge is -2.29. The second-order valence-electron chi connectivity index (χ2n) is 7.73. The summed E-state index contributed by atoms with van der Waals surface area (Å²) in [6.45, 7) is 11.9. The zero-order valence-corrected chi connectivity index (χ0v) is 14.0. The number of hydrogen-bond acceptors (Lipinski definition) is 3. The molecule has 0 spiro atoms. The van der Waals surface area contributed by atoms with Crippen molar-refractivity contribution < 1.29 is 14.7 Å². The summed E-state index contributed by atoms with van der Waals surface area (Å²) in [5, 5.41) is 10.7. The van der Waals surface area contributed by atoms with Gasteiger partial charge in [-0.3, -0.25) is 9.59 Å². The van der Waals surface area contributed by atoms with Gasteiger partial charge in [-0.15, -0.1) is 0 Å². The van der Waals surface area contributed by atoms with Gasteiger partial charge >= 0.3 is 0 Å². The molecule has 1 aliphatic rings. The molecule has 0 saturated carbocycles. The quantitative estimate of drug-likeness (QED) is 0.809. The van der Waals surface area contributed by atoms with Gasteiger partial charge in [-0.2, -0.15) is 0 Å². The predicted octanol–water partition coefficient (Wildman–Crippen LogP) is 3.42. The molecule has 1 aromatic carbocycles. The van der Waals surface area contributed by atoms with Gasteiger partial charge in [0.1, 0.15) is 5.75 Å². The van der Waals surface area contributed by atoms with Crippen LogP contribution >= 0.6 is 0 Å².